The molecule has 0 spiro atoms. The van der Waals surface area contributed by atoms with Gasteiger partial charge in [-0.15, -0.1) is 0 Å². The molecule has 0 saturated carbocycles. The van der Waals surface area contributed by atoms with Crippen LogP contribution in [0.1, 0.15) is 12.5 Å². The highest BCUT2D eigenvalue weighted by atomic mass is 79.9. The number of hydrogen-bond acceptors (Lipinski definition) is 6. The molecular formula is C18H13Br2ClF3NO5. The van der Waals surface area contributed by atoms with E-state index in [4.69, 9.17) is 25.8 Å². The molecule has 0 aliphatic rings. The molecule has 1 unspecified atom stereocenters. The maximum Gasteiger partial charge on any atom is 0.417 e. The third-order valence-corrected chi connectivity index (χ3v) is 4.71. The van der Waals surface area contributed by atoms with E-state index in [-0.39, 0.29) is 22.4 Å². The quantitative estimate of drug-likeness (QED) is 0.304. The molecule has 0 amide bonds. The Morgan fingerprint density at radius 3 is 2.30 bits per heavy atom. The van der Waals surface area contributed by atoms with Crippen molar-refractivity contribution in [1.82, 2.24) is 4.98 Å². The number of halogens is 6. The molecule has 0 saturated heterocycles. The Bertz CT molecular complexity index is 910. The molecule has 0 fully saturated rings. The third-order valence-electron chi connectivity index (χ3n) is 3.42. The van der Waals surface area contributed by atoms with Crippen LogP contribution in [0, 0.1) is 0 Å². The molecule has 1 aromatic heterocycles. The molecule has 6 nitrogen and oxygen atoms in total. The Morgan fingerprint density at radius 2 is 1.77 bits per heavy atom. The summed E-state index contributed by atoms with van der Waals surface area (Å²) >= 11 is 11.8. The normalized spacial score (nSPS) is 12.4. The first kappa shape index (κ1) is 24.4. The Labute approximate surface area is 190 Å². The number of benzene rings is 1. The average Bonchev–Trinajstić information content (AvgIpc) is 2.67. The summed E-state index contributed by atoms with van der Waals surface area (Å²) in [7, 11) is 0. The predicted octanol–water partition coefficient (Wildman–Crippen LogP) is 5.54. The SMILES string of the molecule is CC(Oc1ccc(Oc2ncc(C(F)(F)F)cc2Cl)cc1)C(=O)OCC(=O)C(Br)Br. The number of ether oxygens (including phenoxy) is 3. The number of rotatable bonds is 8. The second kappa shape index (κ2) is 10.5. The fraction of sp³-hybridized carbons (Fsp3) is 0.278. The van der Waals surface area contributed by atoms with E-state index in [9.17, 15) is 22.8 Å². The van der Waals surface area contributed by atoms with Gasteiger partial charge in [0.25, 0.3) is 0 Å². The molecule has 2 aromatic rings. The lowest BCUT2D eigenvalue weighted by atomic mass is 10.3. The van der Waals surface area contributed by atoms with Crippen LogP contribution in [0.4, 0.5) is 13.2 Å². The number of alkyl halides is 5. The van der Waals surface area contributed by atoms with Gasteiger partial charge >= 0.3 is 12.1 Å². The van der Waals surface area contributed by atoms with Crippen molar-refractivity contribution in [3.8, 4) is 17.4 Å². The maximum atomic E-state index is 12.6. The van der Waals surface area contributed by atoms with Crippen molar-refractivity contribution < 1.29 is 37.0 Å². The van der Waals surface area contributed by atoms with E-state index < -0.39 is 34.2 Å². The summed E-state index contributed by atoms with van der Waals surface area (Å²) in [6, 6.07) is 6.55. The molecule has 2 rings (SSSR count). The van der Waals surface area contributed by atoms with Crippen LogP contribution in [-0.4, -0.2) is 33.2 Å². The first-order valence-electron chi connectivity index (χ1n) is 8.12. The molecule has 1 heterocycles. The minimum atomic E-state index is -4.57. The Hall–Kier alpha value is -1.85. The molecule has 30 heavy (non-hydrogen) atoms. The number of pyridine rings is 1. The number of aromatic nitrogens is 1. The molecule has 0 bridgehead atoms. The van der Waals surface area contributed by atoms with Gasteiger partial charge in [-0.1, -0.05) is 43.5 Å². The Morgan fingerprint density at radius 1 is 1.17 bits per heavy atom. The lowest BCUT2D eigenvalue weighted by Crippen LogP contribution is -2.29. The third kappa shape index (κ3) is 7.13. The maximum absolute atomic E-state index is 12.6. The first-order valence-corrected chi connectivity index (χ1v) is 10.3. The highest BCUT2D eigenvalue weighted by Gasteiger charge is 2.31. The van der Waals surface area contributed by atoms with Gasteiger partial charge in [0, 0.05) is 6.20 Å². The zero-order valence-corrected chi connectivity index (χ0v) is 19.0. The summed E-state index contributed by atoms with van der Waals surface area (Å²) in [6.07, 6.45) is -4.94. The molecule has 0 aliphatic heterocycles. The van der Waals surface area contributed by atoms with E-state index in [2.05, 4.69) is 36.8 Å². The standard InChI is InChI=1S/C18H13Br2ClF3NO5/c1-9(17(27)28-8-14(26)15(19)20)29-11-2-4-12(5-3-11)30-16-13(21)6-10(7-25-16)18(22,23)24/h2-7,9,15H,8H2,1H3. The highest BCUT2D eigenvalue weighted by Crippen LogP contribution is 2.34. The van der Waals surface area contributed by atoms with Gasteiger partial charge in [-0.05, 0) is 37.3 Å². The summed E-state index contributed by atoms with van der Waals surface area (Å²) < 4.78 is 53.0. The predicted molar refractivity (Wildman–Crippen MR) is 108 cm³/mol. The smallest absolute Gasteiger partial charge is 0.417 e. The van der Waals surface area contributed by atoms with Crippen molar-refractivity contribution in [2.75, 3.05) is 6.61 Å². The Kier molecular flexibility index (Phi) is 8.51. The number of carbonyl (C=O) groups is 2. The van der Waals surface area contributed by atoms with Crippen molar-refractivity contribution in [3.63, 3.8) is 0 Å². The largest absolute Gasteiger partial charge is 0.479 e. The van der Waals surface area contributed by atoms with Gasteiger partial charge in [-0.3, -0.25) is 4.79 Å². The molecule has 1 aromatic carbocycles. The number of nitrogens with zero attached hydrogens (tertiary/aromatic N) is 1. The molecule has 0 N–H and O–H groups in total. The fourth-order valence-corrected chi connectivity index (χ4v) is 2.40. The van der Waals surface area contributed by atoms with Gasteiger partial charge in [-0.25, -0.2) is 9.78 Å². The molecular weight excluding hydrogens is 562 g/mol. The van der Waals surface area contributed by atoms with E-state index in [0.29, 0.717) is 18.0 Å². The van der Waals surface area contributed by atoms with Gasteiger partial charge in [0.05, 0.1) is 5.56 Å². The highest BCUT2D eigenvalue weighted by molar-refractivity contribution is 9.25. The number of esters is 1. The van der Waals surface area contributed by atoms with Gasteiger partial charge in [-0.2, -0.15) is 13.2 Å². The van der Waals surface area contributed by atoms with Crippen LogP contribution in [0.25, 0.3) is 0 Å². The monoisotopic (exact) mass is 573 g/mol. The number of ketones is 1. The van der Waals surface area contributed by atoms with Gasteiger partial charge in [0.1, 0.15) is 20.3 Å². The molecule has 0 radical (unpaired) electrons. The topological polar surface area (TPSA) is 74.7 Å². The first-order chi connectivity index (χ1) is 14.0. The van der Waals surface area contributed by atoms with E-state index in [1.54, 1.807) is 0 Å². The minimum Gasteiger partial charge on any atom is -0.479 e. The molecule has 12 heteroatoms. The van der Waals surface area contributed by atoms with Crippen LogP contribution >= 0.6 is 43.5 Å². The van der Waals surface area contributed by atoms with Gasteiger partial charge in [0.15, 0.2) is 18.5 Å². The molecule has 0 aliphatic carbocycles. The molecule has 1 atom stereocenters. The zero-order valence-electron chi connectivity index (χ0n) is 15.1. The summed E-state index contributed by atoms with van der Waals surface area (Å²) in [4.78, 5) is 26.9. The number of hydrogen-bond donors (Lipinski definition) is 0. The van der Waals surface area contributed by atoms with Crippen LogP contribution in [0.5, 0.6) is 17.4 Å². The van der Waals surface area contributed by atoms with E-state index in [1.165, 1.54) is 31.2 Å². The lowest BCUT2D eigenvalue weighted by molar-refractivity contribution is -0.153. The van der Waals surface area contributed by atoms with Crippen LogP contribution in [0.15, 0.2) is 36.5 Å². The van der Waals surface area contributed by atoms with Crippen molar-refractivity contribution in [2.24, 2.45) is 0 Å². The van der Waals surface area contributed by atoms with Gasteiger partial charge < -0.3 is 14.2 Å². The van der Waals surface area contributed by atoms with Gasteiger partial charge in [0.2, 0.25) is 5.88 Å². The zero-order chi connectivity index (χ0) is 22.5. The second-order valence-electron chi connectivity index (χ2n) is 5.72. The fourth-order valence-electron chi connectivity index (χ4n) is 1.93. The van der Waals surface area contributed by atoms with Crippen LogP contribution < -0.4 is 9.47 Å². The summed E-state index contributed by atoms with van der Waals surface area (Å²) in [5.74, 6) is -0.768. The lowest BCUT2D eigenvalue weighted by Gasteiger charge is -2.14. The second-order valence-corrected chi connectivity index (χ2v) is 9.18. The van der Waals surface area contributed by atoms with Crippen LogP contribution in [0.3, 0.4) is 0 Å². The van der Waals surface area contributed by atoms with Crippen molar-refractivity contribution >= 4 is 55.2 Å². The van der Waals surface area contributed by atoms with Crippen molar-refractivity contribution in [1.29, 1.82) is 0 Å². The summed E-state index contributed by atoms with van der Waals surface area (Å²) in [5.41, 5.74) is -0.992. The van der Waals surface area contributed by atoms with Crippen LogP contribution in [0.2, 0.25) is 5.02 Å². The minimum absolute atomic E-state index is 0.197. The van der Waals surface area contributed by atoms with Crippen molar-refractivity contribution in [3.05, 3.63) is 47.1 Å². The summed E-state index contributed by atoms with van der Waals surface area (Å²) in [5, 5.41) is -0.301. The Balaban J connectivity index is 1.95. The summed E-state index contributed by atoms with van der Waals surface area (Å²) in [6.45, 7) is 1.03. The van der Waals surface area contributed by atoms with E-state index >= 15 is 0 Å². The number of carbonyl (C=O) groups excluding carboxylic acids is 2. The van der Waals surface area contributed by atoms with Crippen molar-refractivity contribution in [2.45, 2.75) is 22.9 Å². The van der Waals surface area contributed by atoms with E-state index in [1.807, 2.05) is 0 Å². The average molecular weight is 576 g/mol. The molecule has 162 valence electrons. The van der Waals surface area contributed by atoms with E-state index in [0.717, 1.165) is 0 Å². The van der Waals surface area contributed by atoms with Crippen LogP contribution in [-0.2, 0) is 20.5 Å². The number of Topliss-reactive ketones (excluding diaryl/α,β-unsaturated/α-hetero) is 1.